The molecule has 0 aliphatic carbocycles. The maximum atomic E-state index is 12.5. The molecule has 2 N–H and O–H groups in total. The quantitative estimate of drug-likeness (QED) is 0.681. The van der Waals surface area contributed by atoms with Crippen LogP contribution in [0, 0.1) is 0 Å². The van der Waals surface area contributed by atoms with Gasteiger partial charge in [0.2, 0.25) is 10.0 Å². The minimum atomic E-state index is -3.23. The molecular formula is C15H32N4O3S. The molecule has 1 heterocycles. The van der Waals surface area contributed by atoms with Crippen LogP contribution in [0.5, 0.6) is 0 Å². The van der Waals surface area contributed by atoms with Crippen LogP contribution in [0.25, 0.3) is 0 Å². The molecule has 0 aromatic carbocycles. The number of sulfonamides is 1. The number of nitrogens with zero attached hydrogens (tertiary/aromatic N) is 2. The van der Waals surface area contributed by atoms with Gasteiger partial charge in [-0.1, -0.05) is 13.8 Å². The Morgan fingerprint density at radius 1 is 1.30 bits per heavy atom. The van der Waals surface area contributed by atoms with E-state index in [9.17, 15) is 13.2 Å². The summed E-state index contributed by atoms with van der Waals surface area (Å²) in [5, 5.41) is 3.00. The van der Waals surface area contributed by atoms with Crippen molar-refractivity contribution in [2.24, 2.45) is 0 Å². The van der Waals surface area contributed by atoms with E-state index in [0.717, 1.165) is 38.6 Å². The Bertz CT molecular complexity index is 465. The third-order valence-electron chi connectivity index (χ3n) is 4.45. The topological polar surface area (TPSA) is 81.8 Å². The van der Waals surface area contributed by atoms with Crippen molar-refractivity contribution in [2.45, 2.75) is 52.1 Å². The van der Waals surface area contributed by atoms with Crippen LogP contribution < -0.4 is 10.0 Å². The van der Waals surface area contributed by atoms with Crippen LogP contribution in [0.1, 0.15) is 40.0 Å². The van der Waals surface area contributed by atoms with Gasteiger partial charge in [0.1, 0.15) is 0 Å². The van der Waals surface area contributed by atoms with Gasteiger partial charge < -0.3 is 10.2 Å². The lowest BCUT2D eigenvalue weighted by atomic mass is 10.0. The van der Waals surface area contributed by atoms with Crippen molar-refractivity contribution in [1.82, 2.24) is 19.8 Å². The molecule has 0 radical (unpaired) electrons. The first-order valence-electron chi connectivity index (χ1n) is 8.51. The van der Waals surface area contributed by atoms with Crippen molar-refractivity contribution in [3.63, 3.8) is 0 Å². The molecule has 1 rings (SSSR count). The maximum absolute atomic E-state index is 12.5. The molecule has 0 aromatic heterocycles. The largest absolute Gasteiger partial charge is 0.336 e. The number of likely N-dealkylation sites (N-methyl/N-ethyl adjacent to an activating group) is 1. The van der Waals surface area contributed by atoms with Crippen LogP contribution in [0.15, 0.2) is 0 Å². The highest BCUT2D eigenvalue weighted by atomic mass is 32.2. The predicted octanol–water partition coefficient (Wildman–Crippen LogP) is 0.830. The average Bonchev–Trinajstić information content (AvgIpc) is 2.51. The molecule has 1 aliphatic rings. The van der Waals surface area contributed by atoms with Crippen molar-refractivity contribution in [3.8, 4) is 0 Å². The van der Waals surface area contributed by atoms with Crippen LogP contribution >= 0.6 is 0 Å². The molecule has 7 nitrogen and oxygen atoms in total. The monoisotopic (exact) mass is 348 g/mol. The third kappa shape index (κ3) is 7.05. The SMILES string of the molecule is CCN(CC)[C@@H](C)CNC(=O)N1CCCC[C@@H]1CNS(C)(=O)=O. The second kappa shape index (κ2) is 9.44. The van der Waals surface area contributed by atoms with E-state index in [-0.39, 0.29) is 24.7 Å². The molecule has 1 aliphatic heterocycles. The van der Waals surface area contributed by atoms with Gasteiger partial charge in [0.25, 0.3) is 0 Å². The number of hydrogen-bond acceptors (Lipinski definition) is 4. The number of hydrogen-bond donors (Lipinski definition) is 2. The van der Waals surface area contributed by atoms with Crippen LogP contribution in [0.3, 0.4) is 0 Å². The Morgan fingerprint density at radius 2 is 1.96 bits per heavy atom. The van der Waals surface area contributed by atoms with Crippen molar-refractivity contribution >= 4 is 16.1 Å². The first kappa shape index (κ1) is 20.2. The van der Waals surface area contributed by atoms with Crippen molar-refractivity contribution < 1.29 is 13.2 Å². The van der Waals surface area contributed by atoms with Gasteiger partial charge >= 0.3 is 6.03 Å². The number of likely N-dealkylation sites (tertiary alicyclic amines) is 1. The minimum Gasteiger partial charge on any atom is -0.336 e. The summed E-state index contributed by atoms with van der Waals surface area (Å²) in [6.45, 7) is 9.81. The fourth-order valence-electron chi connectivity index (χ4n) is 3.04. The first-order valence-corrected chi connectivity index (χ1v) is 10.4. The number of carbonyl (C=O) groups is 1. The Hall–Kier alpha value is -0.860. The third-order valence-corrected chi connectivity index (χ3v) is 5.14. The fourth-order valence-corrected chi connectivity index (χ4v) is 3.54. The molecule has 1 fully saturated rings. The average molecular weight is 349 g/mol. The van der Waals surface area contributed by atoms with E-state index in [1.165, 1.54) is 0 Å². The van der Waals surface area contributed by atoms with E-state index in [0.29, 0.717) is 13.1 Å². The molecule has 2 amide bonds. The van der Waals surface area contributed by atoms with Crippen molar-refractivity contribution in [2.75, 3.05) is 39.0 Å². The molecule has 136 valence electrons. The lowest BCUT2D eigenvalue weighted by Crippen LogP contribution is -2.54. The van der Waals surface area contributed by atoms with E-state index < -0.39 is 10.0 Å². The number of carbonyl (C=O) groups excluding carboxylic acids is 1. The van der Waals surface area contributed by atoms with Gasteiger partial charge in [-0.15, -0.1) is 0 Å². The summed E-state index contributed by atoms with van der Waals surface area (Å²) in [7, 11) is -3.23. The lowest BCUT2D eigenvalue weighted by molar-refractivity contribution is 0.147. The Morgan fingerprint density at radius 3 is 2.52 bits per heavy atom. The van der Waals surface area contributed by atoms with E-state index in [1.807, 2.05) is 0 Å². The summed E-state index contributed by atoms with van der Waals surface area (Å²) in [4.78, 5) is 16.5. The summed E-state index contributed by atoms with van der Waals surface area (Å²) >= 11 is 0. The zero-order valence-corrected chi connectivity index (χ0v) is 15.7. The molecule has 0 saturated carbocycles. The summed E-state index contributed by atoms with van der Waals surface area (Å²) in [6.07, 6.45) is 3.97. The van der Waals surface area contributed by atoms with Gasteiger partial charge in [-0.2, -0.15) is 0 Å². The van der Waals surface area contributed by atoms with E-state index in [1.54, 1.807) is 4.90 Å². The van der Waals surface area contributed by atoms with Crippen molar-refractivity contribution in [1.29, 1.82) is 0 Å². The van der Waals surface area contributed by atoms with Gasteiger partial charge in [-0.05, 0) is 39.3 Å². The highest BCUT2D eigenvalue weighted by molar-refractivity contribution is 7.88. The van der Waals surface area contributed by atoms with E-state index in [4.69, 9.17) is 0 Å². The fraction of sp³-hybridized carbons (Fsp3) is 0.933. The zero-order valence-electron chi connectivity index (χ0n) is 14.8. The summed E-state index contributed by atoms with van der Waals surface area (Å²) < 4.78 is 25.1. The van der Waals surface area contributed by atoms with Gasteiger partial charge in [0.05, 0.1) is 6.26 Å². The van der Waals surface area contributed by atoms with Crippen molar-refractivity contribution in [3.05, 3.63) is 0 Å². The van der Waals surface area contributed by atoms with Gasteiger partial charge in [0, 0.05) is 31.7 Å². The zero-order chi connectivity index (χ0) is 17.5. The molecule has 0 spiro atoms. The Balaban J connectivity index is 2.54. The second-order valence-corrected chi connectivity index (χ2v) is 8.05. The number of urea groups is 1. The summed E-state index contributed by atoms with van der Waals surface area (Å²) in [6, 6.07) is 0.123. The highest BCUT2D eigenvalue weighted by Crippen LogP contribution is 2.16. The second-order valence-electron chi connectivity index (χ2n) is 6.22. The molecule has 0 bridgehead atoms. The first-order chi connectivity index (χ1) is 10.8. The molecule has 8 heteroatoms. The molecule has 0 aromatic rings. The van der Waals surface area contributed by atoms with Crippen LogP contribution in [0.2, 0.25) is 0 Å². The summed E-state index contributed by atoms with van der Waals surface area (Å²) in [5.74, 6) is 0. The number of amides is 2. The molecule has 2 atom stereocenters. The number of nitrogens with one attached hydrogen (secondary N) is 2. The van der Waals surface area contributed by atoms with E-state index in [2.05, 4.69) is 35.7 Å². The highest BCUT2D eigenvalue weighted by Gasteiger charge is 2.27. The molecule has 0 unspecified atom stereocenters. The minimum absolute atomic E-state index is 0.0674. The van der Waals surface area contributed by atoms with Gasteiger partial charge in [-0.25, -0.2) is 17.9 Å². The van der Waals surface area contributed by atoms with Crippen LogP contribution in [0.4, 0.5) is 4.79 Å². The molecule has 1 saturated heterocycles. The standard InChI is InChI=1S/C15H32N4O3S/c1-5-18(6-2)13(3)11-16-15(20)19-10-8-7-9-14(19)12-17-23(4,21)22/h13-14,17H,5-12H2,1-4H3,(H,16,20)/t13-,14+/m0/s1. The molecule has 23 heavy (non-hydrogen) atoms. The lowest BCUT2D eigenvalue weighted by Gasteiger charge is -2.36. The summed E-state index contributed by atoms with van der Waals surface area (Å²) in [5.41, 5.74) is 0. The van der Waals surface area contributed by atoms with Gasteiger partial charge in [0.15, 0.2) is 0 Å². The van der Waals surface area contributed by atoms with E-state index >= 15 is 0 Å². The predicted molar refractivity (Wildman–Crippen MR) is 93.0 cm³/mol. The molecular weight excluding hydrogens is 316 g/mol. The Kier molecular flexibility index (Phi) is 8.28. The normalized spacial score (nSPS) is 20.6. The van der Waals surface area contributed by atoms with Crippen LogP contribution in [-0.2, 0) is 10.0 Å². The number of piperidine rings is 1. The Labute approximate surface area is 140 Å². The van der Waals surface area contributed by atoms with Crippen LogP contribution in [-0.4, -0.2) is 75.3 Å². The smallest absolute Gasteiger partial charge is 0.317 e. The van der Waals surface area contributed by atoms with Gasteiger partial charge in [-0.3, -0.25) is 4.90 Å². The maximum Gasteiger partial charge on any atom is 0.317 e. The number of rotatable bonds is 8.